The van der Waals surface area contributed by atoms with Crippen molar-refractivity contribution in [1.82, 2.24) is 0 Å². The number of amides is 1. The van der Waals surface area contributed by atoms with Crippen molar-refractivity contribution >= 4 is 30.0 Å². The van der Waals surface area contributed by atoms with Crippen molar-refractivity contribution in [2.24, 2.45) is 10.7 Å². The Morgan fingerprint density at radius 3 is 2.65 bits per heavy atom. The van der Waals surface area contributed by atoms with Gasteiger partial charge in [-0.3, -0.25) is 4.79 Å². The molecule has 1 atom stereocenters. The standard InChI is InChI=1S/C20H21N3O2.ClH/c21-20-22-16(13-25-20)8-5-14-6-9-17(10-7-14)23-12-11-15-3-1-2-4-18(15)19(23)24;/h1-4,6-7,9-10,16H,5,8,11-13H2,(H2,21,22);1H. The highest BCUT2D eigenvalue weighted by atomic mass is 35.5. The number of fused-ring (bicyclic) bond motifs is 1. The van der Waals surface area contributed by atoms with Gasteiger partial charge in [0.1, 0.15) is 6.61 Å². The zero-order valence-electron chi connectivity index (χ0n) is 14.4. The van der Waals surface area contributed by atoms with Gasteiger partial charge in [-0.25, -0.2) is 4.99 Å². The van der Waals surface area contributed by atoms with Crippen LogP contribution in [0.4, 0.5) is 5.69 Å². The molecule has 0 fully saturated rings. The van der Waals surface area contributed by atoms with Crippen LogP contribution in [0.1, 0.15) is 27.9 Å². The number of nitrogens with zero attached hydrogens (tertiary/aromatic N) is 2. The molecule has 0 saturated heterocycles. The van der Waals surface area contributed by atoms with Crippen molar-refractivity contribution in [2.45, 2.75) is 25.3 Å². The minimum absolute atomic E-state index is 0. The summed E-state index contributed by atoms with van der Waals surface area (Å²) in [5.74, 6) is 0.0857. The van der Waals surface area contributed by atoms with Crippen LogP contribution in [0.3, 0.4) is 0 Å². The van der Waals surface area contributed by atoms with E-state index in [0.29, 0.717) is 12.6 Å². The number of ether oxygens (including phenoxy) is 1. The molecule has 4 rings (SSSR count). The molecule has 2 aromatic rings. The monoisotopic (exact) mass is 371 g/mol. The fourth-order valence-corrected chi connectivity index (χ4v) is 3.43. The summed E-state index contributed by atoms with van der Waals surface area (Å²) in [4.78, 5) is 18.8. The molecule has 0 saturated carbocycles. The number of benzene rings is 2. The molecule has 2 aliphatic heterocycles. The molecule has 0 spiro atoms. The molecule has 5 nitrogen and oxygen atoms in total. The van der Waals surface area contributed by atoms with Gasteiger partial charge in [-0.2, -0.15) is 0 Å². The summed E-state index contributed by atoms with van der Waals surface area (Å²) in [5.41, 5.74) is 9.67. The van der Waals surface area contributed by atoms with E-state index in [9.17, 15) is 4.79 Å². The number of anilines is 1. The second-order valence-electron chi connectivity index (χ2n) is 6.50. The van der Waals surface area contributed by atoms with Gasteiger partial charge in [0.25, 0.3) is 11.9 Å². The highest BCUT2D eigenvalue weighted by molar-refractivity contribution is 6.08. The zero-order valence-corrected chi connectivity index (χ0v) is 15.2. The maximum absolute atomic E-state index is 12.7. The first kappa shape index (κ1) is 18.3. The van der Waals surface area contributed by atoms with E-state index in [1.54, 1.807) is 0 Å². The third-order valence-electron chi connectivity index (χ3n) is 4.85. The third-order valence-corrected chi connectivity index (χ3v) is 4.85. The maximum atomic E-state index is 12.7. The van der Waals surface area contributed by atoms with Gasteiger partial charge >= 0.3 is 0 Å². The number of hydrogen-bond donors (Lipinski definition) is 1. The Balaban J connectivity index is 0.00000196. The van der Waals surface area contributed by atoms with E-state index in [2.05, 4.69) is 17.1 Å². The van der Waals surface area contributed by atoms with Gasteiger partial charge in [0.05, 0.1) is 6.04 Å². The van der Waals surface area contributed by atoms with E-state index in [-0.39, 0.29) is 24.4 Å². The van der Waals surface area contributed by atoms with Gasteiger partial charge < -0.3 is 15.4 Å². The molecule has 2 aromatic carbocycles. The Morgan fingerprint density at radius 1 is 1.15 bits per heavy atom. The van der Waals surface area contributed by atoms with Crippen LogP contribution in [-0.4, -0.2) is 31.1 Å². The predicted octanol–water partition coefficient (Wildman–Crippen LogP) is 2.96. The summed E-state index contributed by atoms with van der Waals surface area (Å²) in [6, 6.07) is 16.5. The van der Waals surface area contributed by atoms with Crippen molar-refractivity contribution in [3.63, 3.8) is 0 Å². The fourth-order valence-electron chi connectivity index (χ4n) is 3.43. The summed E-state index contributed by atoms with van der Waals surface area (Å²) >= 11 is 0. The number of aliphatic imine (C=N–C) groups is 1. The van der Waals surface area contributed by atoms with E-state index >= 15 is 0 Å². The van der Waals surface area contributed by atoms with E-state index < -0.39 is 0 Å². The van der Waals surface area contributed by atoms with Gasteiger partial charge in [0.15, 0.2) is 0 Å². The lowest BCUT2D eigenvalue weighted by molar-refractivity contribution is 0.0980. The first-order valence-corrected chi connectivity index (χ1v) is 8.65. The molecule has 26 heavy (non-hydrogen) atoms. The second kappa shape index (κ2) is 7.79. The van der Waals surface area contributed by atoms with Crippen LogP contribution in [0, 0.1) is 0 Å². The molecule has 0 aromatic heterocycles. The lowest BCUT2D eigenvalue weighted by atomic mass is 9.98. The number of hydrogen-bond acceptors (Lipinski definition) is 4. The van der Waals surface area contributed by atoms with Gasteiger partial charge in [-0.1, -0.05) is 30.3 Å². The lowest BCUT2D eigenvalue weighted by Crippen LogP contribution is -2.37. The van der Waals surface area contributed by atoms with Crippen molar-refractivity contribution in [3.8, 4) is 0 Å². The van der Waals surface area contributed by atoms with Crippen molar-refractivity contribution in [1.29, 1.82) is 0 Å². The molecule has 2 heterocycles. The quantitative estimate of drug-likeness (QED) is 0.898. The molecule has 0 bridgehead atoms. The number of amidine groups is 1. The Bertz CT molecular complexity index is 820. The number of aryl methyl sites for hydroxylation is 1. The van der Waals surface area contributed by atoms with Crippen LogP contribution in [-0.2, 0) is 17.6 Å². The van der Waals surface area contributed by atoms with E-state index in [1.165, 1.54) is 5.56 Å². The fraction of sp³-hybridized carbons (Fsp3) is 0.300. The first-order valence-electron chi connectivity index (χ1n) is 8.65. The number of nitrogens with two attached hydrogens (primary N) is 1. The van der Waals surface area contributed by atoms with Crippen LogP contribution in [0.2, 0.25) is 0 Å². The van der Waals surface area contributed by atoms with Gasteiger partial charge in [-0.15, -0.1) is 12.4 Å². The van der Waals surface area contributed by atoms with E-state index in [4.69, 9.17) is 10.5 Å². The normalized spacial score (nSPS) is 18.6. The van der Waals surface area contributed by atoms with Crippen molar-refractivity contribution in [3.05, 3.63) is 65.2 Å². The topological polar surface area (TPSA) is 67.9 Å². The minimum Gasteiger partial charge on any atom is -0.463 e. The summed E-state index contributed by atoms with van der Waals surface area (Å²) in [7, 11) is 0. The SMILES string of the molecule is Cl.NC1=NC(CCc2ccc(N3CCc4ccccc4C3=O)cc2)CO1. The van der Waals surface area contributed by atoms with Gasteiger partial charge in [-0.05, 0) is 48.6 Å². The number of carbonyl (C=O) groups is 1. The molecule has 1 unspecified atom stereocenters. The number of carbonyl (C=O) groups excluding carboxylic acids is 1. The van der Waals surface area contributed by atoms with Gasteiger partial charge in [0, 0.05) is 17.8 Å². The van der Waals surface area contributed by atoms with Crippen LogP contribution >= 0.6 is 12.4 Å². The van der Waals surface area contributed by atoms with Crippen molar-refractivity contribution in [2.75, 3.05) is 18.1 Å². The molecule has 1 amide bonds. The molecule has 6 heteroatoms. The lowest BCUT2D eigenvalue weighted by Gasteiger charge is -2.28. The van der Waals surface area contributed by atoms with Crippen LogP contribution in [0.15, 0.2) is 53.5 Å². The first-order chi connectivity index (χ1) is 12.2. The number of halogens is 1. The Labute approximate surface area is 159 Å². The Morgan fingerprint density at radius 2 is 1.92 bits per heavy atom. The highest BCUT2D eigenvalue weighted by Crippen LogP contribution is 2.25. The predicted molar refractivity (Wildman–Crippen MR) is 105 cm³/mol. The average Bonchev–Trinajstić information content (AvgIpc) is 3.06. The molecular weight excluding hydrogens is 350 g/mol. The Hall–Kier alpha value is -2.53. The minimum atomic E-state index is 0. The van der Waals surface area contributed by atoms with Crippen LogP contribution in [0.5, 0.6) is 0 Å². The summed E-state index contributed by atoms with van der Waals surface area (Å²) in [6.45, 7) is 1.30. The number of rotatable bonds is 4. The van der Waals surface area contributed by atoms with E-state index in [0.717, 1.165) is 42.6 Å². The Kier molecular flexibility index (Phi) is 5.47. The highest BCUT2D eigenvalue weighted by Gasteiger charge is 2.24. The summed E-state index contributed by atoms with van der Waals surface area (Å²) < 4.78 is 5.18. The smallest absolute Gasteiger partial charge is 0.282 e. The zero-order chi connectivity index (χ0) is 17.2. The largest absolute Gasteiger partial charge is 0.463 e. The molecule has 0 aliphatic carbocycles. The van der Waals surface area contributed by atoms with E-state index in [1.807, 2.05) is 41.3 Å². The second-order valence-corrected chi connectivity index (χ2v) is 6.50. The molecule has 0 radical (unpaired) electrons. The molecule has 2 aliphatic rings. The average molecular weight is 372 g/mol. The third kappa shape index (κ3) is 3.68. The summed E-state index contributed by atoms with van der Waals surface area (Å²) in [5, 5.41) is 0. The van der Waals surface area contributed by atoms with Gasteiger partial charge in [0.2, 0.25) is 0 Å². The summed E-state index contributed by atoms with van der Waals surface area (Å²) in [6.07, 6.45) is 2.72. The molecule has 136 valence electrons. The van der Waals surface area contributed by atoms with Crippen LogP contribution in [0.25, 0.3) is 0 Å². The van der Waals surface area contributed by atoms with Crippen LogP contribution < -0.4 is 10.6 Å². The molecular formula is C20H22ClN3O2. The molecule has 2 N–H and O–H groups in total. The maximum Gasteiger partial charge on any atom is 0.282 e. The van der Waals surface area contributed by atoms with Crippen molar-refractivity contribution < 1.29 is 9.53 Å².